The normalized spacial score (nSPS) is 14.2. The Balaban J connectivity index is 2.43. The minimum absolute atomic E-state index is 0.343. The smallest absolute Gasteiger partial charge is 0.340 e. The molecule has 0 amide bonds. The number of carbonyl (C=O) groups is 1. The van der Waals surface area contributed by atoms with Crippen molar-refractivity contribution in [3.05, 3.63) is 23.8 Å². The average Bonchev–Trinajstić information content (AvgIpc) is 2.52. The van der Waals surface area contributed by atoms with Crippen LogP contribution in [0.1, 0.15) is 16.8 Å². The molecule has 0 aromatic heterocycles. The third-order valence-electron chi connectivity index (χ3n) is 2.31. The van der Waals surface area contributed by atoms with Crippen LogP contribution in [0.25, 0.3) is 0 Å². The Morgan fingerprint density at radius 2 is 2.40 bits per heavy atom. The molecule has 15 heavy (non-hydrogen) atoms. The molecule has 1 aromatic carbocycles. The quantitative estimate of drug-likeness (QED) is 0.711. The van der Waals surface area contributed by atoms with Crippen molar-refractivity contribution in [1.82, 2.24) is 0 Å². The summed E-state index contributed by atoms with van der Waals surface area (Å²) in [4.78, 5) is 11.5. The van der Waals surface area contributed by atoms with E-state index in [-0.39, 0.29) is 5.97 Å². The molecule has 0 aliphatic carbocycles. The van der Waals surface area contributed by atoms with Crippen LogP contribution in [0, 0.1) is 0 Å². The standard InChI is InChI=1S/C11H13NO3/c1-14-11(13)8-4-2-5-9-10(8)12-6-3-7-15-9/h2,4-5,12H,3,6-7H2,1H3. The molecule has 0 fully saturated rings. The number of nitrogens with one attached hydrogen (secondary N) is 1. The first kappa shape index (κ1) is 9.83. The average molecular weight is 207 g/mol. The van der Waals surface area contributed by atoms with Crippen LogP contribution in [0.15, 0.2) is 18.2 Å². The van der Waals surface area contributed by atoms with Crippen molar-refractivity contribution < 1.29 is 14.3 Å². The number of benzene rings is 1. The Bertz CT molecular complexity index is 376. The third kappa shape index (κ3) is 1.88. The van der Waals surface area contributed by atoms with Crippen molar-refractivity contribution in [3.63, 3.8) is 0 Å². The summed E-state index contributed by atoms with van der Waals surface area (Å²) < 4.78 is 10.2. The van der Waals surface area contributed by atoms with Gasteiger partial charge in [0.2, 0.25) is 0 Å². The van der Waals surface area contributed by atoms with E-state index in [4.69, 9.17) is 9.47 Å². The summed E-state index contributed by atoms with van der Waals surface area (Å²) in [5.41, 5.74) is 1.26. The zero-order chi connectivity index (χ0) is 10.7. The Morgan fingerprint density at radius 3 is 3.20 bits per heavy atom. The van der Waals surface area contributed by atoms with Gasteiger partial charge in [-0.25, -0.2) is 4.79 Å². The van der Waals surface area contributed by atoms with Gasteiger partial charge in [-0.05, 0) is 18.6 Å². The monoisotopic (exact) mass is 207 g/mol. The lowest BCUT2D eigenvalue weighted by Crippen LogP contribution is -2.08. The lowest BCUT2D eigenvalue weighted by Gasteiger charge is -2.11. The molecule has 0 unspecified atom stereocenters. The van der Waals surface area contributed by atoms with Gasteiger partial charge in [-0.2, -0.15) is 0 Å². The zero-order valence-electron chi connectivity index (χ0n) is 8.58. The lowest BCUT2D eigenvalue weighted by molar-refractivity contribution is 0.0601. The maximum Gasteiger partial charge on any atom is 0.340 e. The van der Waals surface area contributed by atoms with E-state index in [9.17, 15) is 4.79 Å². The highest BCUT2D eigenvalue weighted by Crippen LogP contribution is 2.30. The molecule has 1 N–H and O–H groups in total. The number of rotatable bonds is 1. The van der Waals surface area contributed by atoms with Crippen LogP contribution in [0.5, 0.6) is 5.75 Å². The molecule has 1 aromatic rings. The molecule has 0 radical (unpaired) electrons. The largest absolute Gasteiger partial charge is 0.491 e. The molecule has 0 atom stereocenters. The van der Waals surface area contributed by atoms with Crippen molar-refractivity contribution in [2.45, 2.75) is 6.42 Å². The van der Waals surface area contributed by atoms with E-state index < -0.39 is 0 Å². The van der Waals surface area contributed by atoms with Gasteiger partial charge in [-0.3, -0.25) is 0 Å². The predicted molar refractivity (Wildman–Crippen MR) is 56.4 cm³/mol. The Labute approximate surface area is 88.2 Å². The fourth-order valence-electron chi connectivity index (χ4n) is 1.58. The third-order valence-corrected chi connectivity index (χ3v) is 2.31. The van der Waals surface area contributed by atoms with Crippen molar-refractivity contribution in [2.24, 2.45) is 0 Å². The summed E-state index contributed by atoms with van der Waals surface area (Å²) in [5, 5.41) is 3.18. The molecule has 0 saturated heterocycles. The number of para-hydroxylation sites is 1. The van der Waals surface area contributed by atoms with E-state index in [0.717, 1.165) is 24.4 Å². The van der Waals surface area contributed by atoms with Gasteiger partial charge in [0, 0.05) is 6.54 Å². The summed E-state index contributed by atoms with van der Waals surface area (Å²) in [7, 11) is 1.37. The number of fused-ring (bicyclic) bond motifs is 1. The number of esters is 1. The predicted octanol–water partition coefficient (Wildman–Crippen LogP) is 1.67. The van der Waals surface area contributed by atoms with E-state index in [2.05, 4.69) is 5.32 Å². The maximum atomic E-state index is 11.5. The van der Waals surface area contributed by atoms with Gasteiger partial charge >= 0.3 is 5.97 Å². The fraction of sp³-hybridized carbons (Fsp3) is 0.364. The van der Waals surface area contributed by atoms with Crippen molar-refractivity contribution in [3.8, 4) is 5.75 Å². The molecule has 4 heteroatoms. The number of carbonyl (C=O) groups excluding carboxylic acids is 1. The van der Waals surface area contributed by atoms with Crippen LogP contribution >= 0.6 is 0 Å². The Hall–Kier alpha value is -1.71. The summed E-state index contributed by atoms with van der Waals surface area (Å²) in [6, 6.07) is 5.37. The minimum atomic E-state index is -0.343. The first-order valence-corrected chi connectivity index (χ1v) is 4.91. The van der Waals surface area contributed by atoms with Gasteiger partial charge in [0.25, 0.3) is 0 Å². The number of anilines is 1. The first-order valence-electron chi connectivity index (χ1n) is 4.91. The molecular weight excluding hydrogens is 194 g/mol. The van der Waals surface area contributed by atoms with Crippen LogP contribution in [0.2, 0.25) is 0 Å². The molecule has 0 bridgehead atoms. The molecule has 1 aliphatic heterocycles. The molecule has 1 aliphatic rings. The highest BCUT2D eigenvalue weighted by atomic mass is 16.5. The number of ether oxygens (including phenoxy) is 2. The SMILES string of the molecule is COC(=O)c1cccc2c1NCCCO2. The summed E-state index contributed by atoms with van der Waals surface area (Å²) in [5.74, 6) is 0.375. The first-order chi connectivity index (χ1) is 7.33. The minimum Gasteiger partial charge on any atom is -0.491 e. The van der Waals surface area contributed by atoms with Crippen LogP contribution < -0.4 is 10.1 Å². The second-order valence-corrected chi connectivity index (χ2v) is 3.30. The van der Waals surface area contributed by atoms with Crippen molar-refractivity contribution >= 4 is 11.7 Å². The summed E-state index contributed by atoms with van der Waals surface area (Å²) in [6.07, 6.45) is 0.926. The second-order valence-electron chi connectivity index (χ2n) is 3.30. The lowest BCUT2D eigenvalue weighted by atomic mass is 10.1. The van der Waals surface area contributed by atoms with E-state index in [1.807, 2.05) is 6.07 Å². The molecule has 80 valence electrons. The second kappa shape index (κ2) is 4.21. The molecule has 1 heterocycles. The van der Waals surface area contributed by atoms with E-state index in [0.29, 0.717) is 12.2 Å². The summed E-state index contributed by atoms with van der Waals surface area (Å²) in [6.45, 7) is 1.48. The molecule has 4 nitrogen and oxygen atoms in total. The molecule has 0 saturated carbocycles. The topological polar surface area (TPSA) is 47.6 Å². The zero-order valence-corrected chi connectivity index (χ0v) is 8.58. The Morgan fingerprint density at radius 1 is 1.53 bits per heavy atom. The molecular formula is C11H13NO3. The van der Waals surface area contributed by atoms with Crippen LogP contribution in [-0.2, 0) is 4.74 Å². The maximum absolute atomic E-state index is 11.5. The molecule has 2 rings (SSSR count). The number of hydrogen-bond donors (Lipinski definition) is 1. The van der Waals surface area contributed by atoms with Crippen molar-refractivity contribution in [2.75, 3.05) is 25.6 Å². The number of methoxy groups -OCH3 is 1. The van der Waals surface area contributed by atoms with E-state index in [1.54, 1.807) is 12.1 Å². The van der Waals surface area contributed by atoms with Crippen LogP contribution in [0.4, 0.5) is 5.69 Å². The molecule has 0 spiro atoms. The fourth-order valence-corrected chi connectivity index (χ4v) is 1.58. The van der Waals surface area contributed by atoms with E-state index in [1.165, 1.54) is 7.11 Å². The highest BCUT2D eigenvalue weighted by molar-refractivity contribution is 5.97. The van der Waals surface area contributed by atoms with Gasteiger partial charge in [0.05, 0.1) is 25.0 Å². The van der Waals surface area contributed by atoms with Gasteiger partial charge in [0.1, 0.15) is 5.75 Å². The van der Waals surface area contributed by atoms with Crippen LogP contribution in [0.3, 0.4) is 0 Å². The van der Waals surface area contributed by atoms with Gasteiger partial charge in [-0.1, -0.05) is 6.07 Å². The van der Waals surface area contributed by atoms with E-state index >= 15 is 0 Å². The highest BCUT2D eigenvalue weighted by Gasteiger charge is 2.17. The van der Waals surface area contributed by atoms with Gasteiger partial charge in [0.15, 0.2) is 0 Å². The number of hydrogen-bond acceptors (Lipinski definition) is 4. The van der Waals surface area contributed by atoms with Crippen LogP contribution in [-0.4, -0.2) is 26.2 Å². The van der Waals surface area contributed by atoms with Crippen molar-refractivity contribution in [1.29, 1.82) is 0 Å². The summed E-state index contributed by atoms with van der Waals surface area (Å²) >= 11 is 0. The Kier molecular flexibility index (Phi) is 2.76. The van der Waals surface area contributed by atoms with Gasteiger partial charge in [-0.15, -0.1) is 0 Å². The van der Waals surface area contributed by atoms with Gasteiger partial charge < -0.3 is 14.8 Å².